The van der Waals surface area contributed by atoms with Gasteiger partial charge in [-0.25, -0.2) is 4.99 Å². The van der Waals surface area contributed by atoms with E-state index in [1.807, 2.05) is 11.8 Å². The summed E-state index contributed by atoms with van der Waals surface area (Å²) in [7, 11) is 3.53. The topological polar surface area (TPSA) is 47.9 Å². The van der Waals surface area contributed by atoms with Crippen LogP contribution in [0.4, 0.5) is 0 Å². The number of carbonyl (C=O) groups excluding carboxylic acids is 1. The third-order valence-corrected chi connectivity index (χ3v) is 4.55. The second-order valence-electron chi connectivity index (χ2n) is 6.73. The molecule has 1 aliphatic heterocycles. The fourth-order valence-electron chi connectivity index (χ4n) is 2.04. The fourth-order valence-corrected chi connectivity index (χ4v) is 3.16. The lowest BCUT2D eigenvalue weighted by atomic mass is 10.2. The summed E-state index contributed by atoms with van der Waals surface area (Å²) in [4.78, 5) is 20.2. The first kappa shape index (κ1) is 18.1. The molecule has 122 valence electrons. The second kappa shape index (κ2) is 7.92. The molecule has 0 aliphatic carbocycles. The van der Waals surface area contributed by atoms with Gasteiger partial charge in [-0.05, 0) is 19.8 Å². The molecule has 5 nitrogen and oxygen atoms in total. The number of nitrogens with zero attached hydrogens (tertiary/aromatic N) is 3. The predicted molar refractivity (Wildman–Crippen MR) is 91.9 cm³/mol. The molecule has 1 N–H and O–H groups in total. The van der Waals surface area contributed by atoms with Gasteiger partial charge >= 0.3 is 0 Å². The van der Waals surface area contributed by atoms with Crippen molar-refractivity contribution in [1.29, 1.82) is 0 Å². The maximum Gasteiger partial charge on any atom is 0.243 e. The molecule has 0 aromatic carbocycles. The van der Waals surface area contributed by atoms with E-state index < -0.39 is 0 Å². The van der Waals surface area contributed by atoms with Gasteiger partial charge in [0.2, 0.25) is 5.91 Å². The number of likely N-dealkylation sites (N-methyl/N-ethyl adjacent to an activating group) is 1. The van der Waals surface area contributed by atoms with Crippen LogP contribution in [0.5, 0.6) is 0 Å². The summed E-state index contributed by atoms with van der Waals surface area (Å²) in [5, 5.41) is 3.42. The van der Waals surface area contributed by atoms with E-state index in [0.717, 1.165) is 31.3 Å². The van der Waals surface area contributed by atoms with Gasteiger partial charge in [-0.2, -0.15) is 11.8 Å². The second-order valence-corrected chi connectivity index (χ2v) is 8.53. The summed E-state index contributed by atoms with van der Waals surface area (Å²) in [6.07, 6.45) is 0. The van der Waals surface area contributed by atoms with E-state index in [1.54, 1.807) is 19.0 Å². The average Bonchev–Trinajstić information content (AvgIpc) is 2.36. The van der Waals surface area contributed by atoms with Crippen molar-refractivity contribution in [3.8, 4) is 0 Å². The van der Waals surface area contributed by atoms with E-state index in [2.05, 4.69) is 42.9 Å². The molecule has 1 saturated heterocycles. The summed E-state index contributed by atoms with van der Waals surface area (Å²) < 4.78 is 0.226. The van der Waals surface area contributed by atoms with Gasteiger partial charge in [0.05, 0.1) is 0 Å². The summed E-state index contributed by atoms with van der Waals surface area (Å²) in [6, 6.07) is 0. The Morgan fingerprint density at radius 3 is 2.62 bits per heavy atom. The van der Waals surface area contributed by atoms with Gasteiger partial charge in [0.15, 0.2) is 5.96 Å². The zero-order valence-corrected chi connectivity index (χ0v) is 15.1. The zero-order valence-electron chi connectivity index (χ0n) is 14.3. The molecule has 1 amide bonds. The van der Waals surface area contributed by atoms with Crippen molar-refractivity contribution in [3.05, 3.63) is 0 Å². The highest BCUT2D eigenvalue weighted by atomic mass is 32.2. The Labute approximate surface area is 133 Å². The van der Waals surface area contributed by atoms with Gasteiger partial charge in [-0.3, -0.25) is 4.79 Å². The molecule has 1 fully saturated rings. The Morgan fingerprint density at radius 2 is 2.10 bits per heavy atom. The molecule has 0 saturated carbocycles. The van der Waals surface area contributed by atoms with Gasteiger partial charge in [0, 0.05) is 44.2 Å². The fraction of sp³-hybridized carbons (Fsp3) is 0.867. The highest BCUT2D eigenvalue weighted by molar-refractivity contribution is 8.00. The molecular formula is C15H30N4OS. The van der Waals surface area contributed by atoms with Crippen LogP contribution in [0.1, 0.15) is 27.7 Å². The van der Waals surface area contributed by atoms with E-state index in [-0.39, 0.29) is 17.2 Å². The Bertz CT molecular complexity index is 380. The lowest BCUT2D eigenvalue weighted by molar-refractivity contribution is -0.127. The van der Waals surface area contributed by atoms with Gasteiger partial charge < -0.3 is 15.1 Å². The van der Waals surface area contributed by atoms with Gasteiger partial charge in [0.25, 0.3) is 0 Å². The Kier molecular flexibility index (Phi) is 6.84. The third kappa shape index (κ3) is 6.59. The maximum absolute atomic E-state index is 11.8. The highest BCUT2D eigenvalue weighted by Gasteiger charge is 2.28. The summed E-state index contributed by atoms with van der Waals surface area (Å²) in [5.74, 6) is 2.54. The monoisotopic (exact) mass is 314 g/mol. The predicted octanol–water partition coefficient (Wildman–Crippen LogP) is 1.50. The minimum Gasteiger partial charge on any atom is -0.356 e. The molecule has 1 heterocycles. The van der Waals surface area contributed by atoms with E-state index in [0.29, 0.717) is 5.92 Å². The molecule has 1 aliphatic rings. The largest absolute Gasteiger partial charge is 0.356 e. The van der Waals surface area contributed by atoms with Crippen LogP contribution in [-0.4, -0.2) is 72.4 Å². The number of thioether (sulfide) groups is 1. The molecule has 0 bridgehead atoms. The number of amides is 1. The van der Waals surface area contributed by atoms with E-state index in [1.165, 1.54) is 0 Å². The lowest BCUT2D eigenvalue weighted by Gasteiger charge is -2.39. The molecule has 0 radical (unpaired) electrons. The first-order chi connectivity index (χ1) is 9.71. The van der Waals surface area contributed by atoms with Crippen molar-refractivity contribution >= 4 is 23.6 Å². The number of aliphatic imine (C=N–C) groups is 1. The lowest BCUT2D eigenvalue weighted by Crippen LogP contribution is -2.51. The van der Waals surface area contributed by atoms with Crippen LogP contribution in [0.15, 0.2) is 4.99 Å². The number of guanidine groups is 1. The molecule has 0 aromatic heterocycles. The SMILES string of the molecule is CC(C)CNC(=NCC(=O)N(C)C)N1CCSC(C)(C)C1. The van der Waals surface area contributed by atoms with E-state index in [9.17, 15) is 4.79 Å². The van der Waals surface area contributed by atoms with Crippen molar-refractivity contribution in [3.63, 3.8) is 0 Å². The Morgan fingerprint density at radius 1 is 1.43 bits per heavy atom. The van der Waals surface area contributed by atoms with Gasteiger partial charge in [-0.15, -0.1) is 0 Å². The summed E-state index contributed by atoms with van der Waals surface area (Å²) >= 11 is 2.00. The van der Waals surface area contributed by atoms with Crippen molar-refractivity contribution in [1.82, 2.24) is 15.1 Å². The number of rotatable bonds is 4. The zero-order chi connectivity index (χ0) is 16.0. The summed E-state index contributed by atoms with van der Waals surface area (Å²) in [5.41, 5.74) is 0. The number of carbonyl (C=O) groups is 1. The summed E-state index contributed by atoms with van der Waals surface area (Å²) in [6.45, 7) is 11.9. The Hall–Kier alpha value is -0.910. The molecule has 0 unspecified atom stereocenters. The third-order valence-electron chi connectivity index (χ3n) is 3.26. The minimum absolute atomic E-state index is 0.0319. The van der Waals surface area contributed by atoms with Crippen molar-refractivity contribution in [2.45, 2.75) is 32.4 Å². The maximum atomic E-state index is 11.8. The van der Waals surface area contributed by atoms with Crippen LogP contribution in [-0.2, 0) is 4.79 Å². The van der Waals surface area contributed by atoms with Crippen molar-refractivity contribution in [2.24, 2.45) is 10.9 Å². The molecule has 0 aromatic rings. The van der Waals surface area contributed by atoms with Crippen molar-refractivity contribution < 1.29 is 4.79 Å². The van der Waals surface area contributed by atoms with Crippen LogP contribution < -0.4 is 5.32 Å². The molecule has 6 heteroatoms. The molecule has 0 spiro atoms. The highest BCUT2D eigenvalue weighted by Crippen LogP contribution is 2.29. The van der Waals surface area contributed by atoms with Crippen LogP contribution in [0.25, 0.3) is 0 Å². The number of hydrogen-bond acceptors (Lipinski definition) is 3. The number of hydrogen-bond donors (Lipinski definition) is 1. The number of nitrogens with one attached hydrogen (secondary N) is 1. The van der Waals surface area contributed by atoms with Crippen molar-refractivity contribution in [2.75, 3.05) is 46.0 Å². The molecule has 1 rings (SSSR count). The van der Waals surface area contributed by atoms with Crippen LogP contribution >= 0.6 is 11.8 Å². The van der Waals surface area contributed by atoms with Gasteiger partial charge in [0.1, 0.15) is 6.54 Å². The first-order valence-electron chi connectivity index (χ1n) is 7.58. The van der Waals surface area contributed by atoms with Gasteiger partial charge in [-0.1, -0.05) is 13.8 Å². The average molecular weight is 314 g/mol. The standard InChI is InChI=1S/C15H30N4OS/c1-12(2)9-16-14(17-10-13(20)18(5)6)19-7-8-21-15(3,4)11-19/h12H,7-11H2,1-6H3,(H,16,17). The molecule has 0 atom stereocenters. The van der Waals surface area contributed by atoms with E-state index >= 15 is 0 Å². The molecule has 21 heavy (non-hydrogen) atoms. The van der Waals surface area contributed by atoms with Crippen LogP contribution in [0, 0.1) is 5.92 Å². The quantitative estimate of drug-likeness (QED) is 0.631. The minimum atomic E-state index is 0.0319. The van der Waals surface area contributed by atoms with E-state index in [4.69, 9.17) is 0 Å². The van der Waals surface area contributed by atoms with Crippen LogP contribution in [0.2, 0.25) is 0 Å². The first-order valence-corrected chi connectivity index (χ1v) is 8.57. The normalized spacial score (nSPS) is 18.8. The smallest absolute Gasteiger partial charge is 0.243 e. The Balaban J connectivity index is 2.75. The molecular weight excluding hydrogens is 284 g/mol. The van der Waals surface area contributed by atoms with Crippen LogP contribution in [0.3, 0.4) is 0 Å².